The fourth-order valence-corrected chi connectivity index (χ4v) is 2.68. The zero-order valence-electron chi connectivity index (χ0n) is 10.7. The van der Waals surface area contributed by atoms with Crippen molar-refractivity contribution in [3.8, 4) is 0 Å². The zero-order chi connectivity index (χ0) is 13.1. The summed E-state index contributed by atoms with van der Waals surface area (Å²) in [6.45, 7) is 0. The average Bonchev–Trinajstić information content (AvgIpc) is 3.17. The highest BCUT2D eigenvalue weighted by Crippen LogP contribution is 2.36. The minimum absolute atomic E-state index is 0.0944. The third-order valence-corrected chi connectivity index (χ3v) is 3.97. The molecule has 0 saturated heterocycles. The summed E-state index contributed by atoms with van der Waals surface area (Å²) in [5.41, 5.74) is 0.571. The van der Waals surface area contributed by atoms with Gasteiger partial charge in [0.15, 0.2) is 0 Å². The maximum absolute atomic E-state index is 13.8. The van der Waals surface area contributed by atoms with Crippen LogP contribution in [-0.4, -0.2) is 26.3 Å². The van der Waals surface area contributed by atoms with Gasteiger partial charge in [0.05, 0.1) is 6.10 Å². The number of halogens is 2. The molecule has 1 aliphatic rings. The number of methoxy groups -OCH3 is 1. The van der Waals surface area contributed by atoms with Crippen LogP contribution >= 0.6 is 11.6 Å². The molecule has 18 heavy (non-hydrogen) atoms. The molecule has 0 bridgehead atoms. The van der Waals surface area contributed by atoms with E-state index in [4.69, 9.17) is 16.3 Å². The van der Waals surface area contributed by atoms with Crippen LogP contribution in [0.15, 0.2) is 18.2 Å². The lowest BCUT2D eigenvalue weighted by molar-refractivity contribution is 0.0532. The Morgan fingerprint density at radius 3 is 2.72 bits per heavy atom. The predicted octanol–water partition coefficient (Wildman–Crippen LogP) is 3.03. The van der Waals surface area contributed by atoms with Gasteiger partial charge in [-0.3, -0.25) is 0 Å². The smallest absolute Gasteiger partial charge is 0.127 e. The van der Waals surface area contributed by atoms with E-state index in [2.05, 4.69) is 5.32 Å². The monoisotopic (exact) mass is 271 g/mol. The van der Waals surface area contributed by atoms with Gasteiger partial charge in [0.2, 0.25) is 0 Å². The van der Waals surface area contributed by atoms with Crippen molar-refractivity contribution in [1.29, 1.82) is 0 Å². The Morgan fingerprint density at radius 2 is 2.22 bits per heavy atom. The highest BCUT2D eigenvalue weighted by Gasteiger charge is 2.36. The summed E-state index contributed by atoms with van der Waals surface area (Å²) in [4.78, 5) is 0. The van der Waals surface area contributed by atoms with Crippen molar-refractivity contribution in [2.24, 2.45) is 5.92 Å². The Balaban J connectivity index is 2.14. The van der Waals surface area contributed by atoms with Crippen molar-refractivity contribution in [3.05, 3.63) is 34.6 Å². The minimum Gasteiger partial charge on any atom is -0.380 e. The molecule has 0 heterocycles. The molecule has 0 aliphatic heterocycles. The summed E-state index contributed by atoms with van der Waals surface area (Å²) in [7, 11) is 3.60. The Hall–Kier alpha value is -0.640. The number of likely N-dealkylation sites (N-methyl/N-ethyl adjacent to an activating group) is 1. The van der Waals surface area contributed by atoms with Gasteiger partial charge in [0.1, 0.15) is 5.82 Å². The van der Waals surface area contributed by atoms with Gasteiger partial charge in [-0.15, -0.1) is 0 Å². The molecule has 0 spiro atoms. The summed E-state index contributed by atoms with van der Waals surface area (Å²) in [5, 5.41) is 3.71. The van der Waals surface area contributed by atoms with Gasteiger partial charge < -0.3 is 10.1 Å². The first kappa shape index (κ1) is 13.8. The molecule has 0 radical (unpaired) electrons. The van der Waals surface area contributed by atoms with E-state index in [9.17, 15) is 4.39 Å². The number of rotatable bonds is 6. The zero-order valence-corrected chi connectivity index (χ0v) is 11.5. The van der Waals surface area contributed by atoms with Crippen LogP contribution in [-0.2, 0) is 11.2 Å². The highest BCUT2D eigenvalue weighted by atomic mass is 35.5. The van der Waals surface area contributed by atoms with Crippen molar-refractivity contribution in [2.45, 2.75) is 31.4 Å². The van der Waals surface area contributed by atoms with E-state index in [0.717, 1.165) is 0 Å². The molecule has 1 fully saturated rings. The molecule has 1 aliphatic carbocycles. The van der Waals surface area contributed by atoms with Gasteiger partial charge in [0.25, 0.3) is 0 Å². The molecule has 2 atom stereocenters. The molecule has 1 aromatic carbocycles. The summed E-state index contributed by atoms with van der Waals surface area (Å²) in [6.07, 6.45) is 3.08. The third-order valence-electron chi connectivity index (χ3n) is 3.61. The summed E-state index contributed by atoms with van der Waals surface area (Å²) >= 11 is 6.07. The van der Waals surface area contributed by atoms with Crippen LogP contribution < -0.4 is 5.32 Å². The van der Waals surface area contributed by atoms with Crippen LogP contribution in [0.1, 0.15) is 18.4 Å². The van der Waals surface area contributed by atoms with E-state index >= 15 is 0 Å². The second kappa shape index (κ2) is 6.00. The SMILES string of the molecule is CNC(Cc1c(F)cccc1Cl)C(OC)C1CC1. The predicted molar refractivity (Wildman–Crippen MR) is 71.5 cm³/mol. The fourth-order valence-electron chi connectivity index (χ4n) is 2.44. The van der Waals surface area contributed by atoms with Crippen molar-refractivity contribution in [2.75, 3.05) is 14.2 Å². The normalized spacial score (nSPS) is 18.7. The maximum Gasteiger partial charge on any atom is 0.127 e. The van der Waals surface area contributed by atoms with Gasteiger partial charge in [-0.2, -0.15) is 0 Å². The van der Waals surface area contributed by atoms with Gasteiger partial charge in [-0.1, -0.05) is 17.7 Å². The average molecular weight is 272 g/mol. The molecule has 100 valence electrons. The summed E-state index contributed by atoms with van der Waals surface area (Å²) in [5.74, 6) is 0.353. The molecule has 4 heteroatoms. The summed E-state index contributed by atoms with van der Waals surface area (Å²) < 4.78 is 19.3. The quantitative estimate of drug-likeness (QED) is 0.859. The standard InChI is InChI=1S/C14H19ClFNO/c1-17-13(14(18-2)9-6-7-9)8-10-11(15)4-3-5-12(10)16/h3-5,9,13-14,17H,6-8H2,1-2H3. The van der Waals surface area contributed by atoms with Gasteiger partial charge >= 0.3 is 0 Å². The maximum atomic E-state index is 13.8. The number of benzene rings is 1. The Kier molecular flexibility index (Phi) is 4.60. The lowest BCUT2D eigenvalue weighted by Gasteiger charge is -2.26. The van der Waals surface area contributed by atoms with E-state index in [0.29, 0.717) is 22.9 Å². The van der Waals surface area contributed by atoms with E-state index in [1.54, 1.807) is 19.2 Å². The largest absolute Gasteiger partial charge is 0.380 e. The Bertz CT molecular complexity index is 389. The molecule has 2 nitrogen and oxygen atoms in total. The molecular weight excluding hydrogens is 253 g/mol. The number of nitrogens with one attached hydrogen (secondary N) is 1. The van der Waals surface area contributed by atoms with E-state index < -0.39 is 0 Å². The van der Waals surface area contributed by atoms with Crippen LogP contribution in [0.25, 0.3) is 0 Å². The van der Waals surface area contributed by atoms with E-state index in [-0.39, 0.29) is 18.0 Å². The second-order valence-corrected chi connectivity index (χ2v) is 5.24. The van der Waals surface area contributed by atoms with Gasteiger partial charge in [-0.25, -0.2) is 4.39 Å². The van der Waals surface area contributed by atoms with Crippen molar-refractivity contribution < 1.29 is 9.13 Å². The Morgan fingerprint density at radius 1 is 1.50 bits per heavy atom. The highest BCUT2D eigenvalue weighted by molar-refractivity contribution is 6.31. The first-order valence-corrected chi connectivity index (χ1v) is 6.68. The van der Waals surface area contributed by atoms with Gasteiger partial charge in [0, 0.05) is 23.7 Å². The van der Waals surface area contributed by atoms with Crippen LogP contribution in [0, 0.1) is 11.7 Å². The number of ether oxygens (including phenoxy) is 1. The summed E-state index contributed by atoms with van der Waals surface area (Å²) in [6, 6.07) is 4.90. The van der Waals surface area contributed by atoms with Gasteiger partial charge in [-0.05, 0) is 44.4 Å². The first-order valence-electron chi connectivity index (χ1n) is 6.30. The lowest BCUT2D eigenvalue weighted by atomic mass is 9.98. The molecule has 2 unspecified atom stereocenters. The van der Waals surface area contributed by atoms with Crippen LogP contribution in [0.3, 0.4) is 0 Å². The van der Waals surface area contributed by atoms with Crippen LogP contribution in [0.5, 0.6) is 0 Å². The third kappa shape index (κ3) is 3.02. The minimum atomic E-state index is -0.242. The molecule has 0 aromatic heterocycles. The van der Waals surface area contributed by atoms with Crippen molar-refractivity contribution >= 4 is 11.6 Å². The molecule has 1 aromatic rings. The fraction of sp³-hybridized carbons (Fsp3) is 0.571. The van der Waals surface area contributed by atoms with E-state index in [1.807, 2.05) is 7.05 Å². The Labute approximate surface area is 112 Å². The number of hydrogen-bond donors (Lipinski definition) is 1. The van der Waals surface area contributed by atoms with Crippen LogP contribution in [0.4, 0.5) is 4.39 Å². The lowest BCUT2D eigenvalue weighted by Crippen LogP contribution is -2.42. The molecule has 1 N–H and O–H groups in total. The molecule has 1 saturated carbocycles. The second-order valence-electron chi connectivity index (χ2n) is 4.84. The van der Waals surface area contributed by atoms with Crippen LogP contribution in [0.2, 0.25) is 5.02 Å². The van der Waals surface area contributed by atoms with Crippen molar-refractivity contribution in [3.63, 3.8) is 0 Å². The van der Waals surface area contributed by atoms with E-state index in [1.165, 1.54) is 18.9 Å². The van der Waals surface area contributed by atoms with Crippen molar-refractivity contribution in [1.82, 2.24) is 5.32 Å². The topological polar surface area (TPSA) is 21.3 Å². The molecule has 0 amide bonds. The molecule has 2 rings (SSSR count). The molecular formula is C14H19ClFNO. The first-order chi connectivity index (χ1) is 8.67. The number of hydrogen-bond acceptors (Lipinski definition) is 2.